The molecule has 1 aromatic rings. The lowest BCUT2D eigenvalue weighted by Crippen LogP contribution is -2.43. The van der Waals surface area contributed by atoms with Gasteiger partial charge >= 0.3 is 0 Å². The number of sulfonamides is 1. The molecule has 0 bridgehead atoms. The zero-order valence-electron chi connectivity index (χ0n) is 16.4. The standard InChI is InChI=1S/C20H32N4O3S/c21-28(26,27)19-8-6-18(7-9-19)23-20(25)16-10-13-24(14-11-16)15-12-22-17-4-2-1-3-5-17/h6-9,16-17,22H,1-5,10-15H2,(H,23,25)(H2,21,26,27). The Labute approximate surface area is 168 Å². The van der Waals surface area contributed by atoms with Crippen molar-refractivity contribution >= 4 is 21.6 Å². The molecule has 3 rings (SSSR count). The van der Waals surface area contributed by atoms with Crippen molar-refractivity contribution in [3.63, 3.8) is 0 Å². The molecular weight excluding hydrogens is 376 g/mol. The Bertz CT molecular complexity index is 737. The van der Waals surface area contributed by atoms with E-state index in [0.29, 0.717) is 11.7 Å². The highest BCUT2D eigenvalue weighted by molar-refractivity contribution is 7.89. The van der Waals surface area contributed by atoms with Gasteiger partial charge in [-0.15, -0.1) is 0 Å². The average molecular weight is 409 g/mol. The summed E-state index contributed by atoms with van der Waals surface area (Å²) in [5, 5.41) is 11.7. The van der Waals surface area contributed by atoms with Gasteiger partial charge in [0.2, 0.25) is 15.9 Å². The SMILES string of the molecule is NS(=O)(=O)c1ccc(NC(=O)C2CCN(CCNC3CCCCC3)CC2)cc1. The fourth-order valence-electron chi connectivity index (χ4n) is 4.12. The fourth-order valence-corrected chi connectivity index (χ4v) is 4.64. The number of carbonyl (C=O) groups is 1. The number of likely N-dealkylation sites (tertiary alicyclic amines) is 1. The zero-order valence-corrected chi connectivity index (χ0v) is 17.2. The monoisotopic (exact) mass is 408 g/mol. The van der Waals surface area contributed by atoms with Crippen molar-refractivity contribution in [1.82, 2.24) is 10.2 Å². The second-order valence-electron chi connectivity index (χ2n) is 7.96. The van der Waals surface area contributed by atoms with E-state index < -0.39 is 10.0 Å². The quantitative estimate of drug-likeness (QED) is 0.639. The van der Waals surface area contributed by atoms with Crippen LogP contribution < -0.4 is 15.8 Å². The summed E-state index contributed by atoms with van der Waals surface area (Å²) >= 11 is 0. The number of primary sulfonamides is 1. The molecule has 1 saturated heterocycles. The molecule has 1 aliphatic carbocycles. The Kier molecular flexibility index (Phi) is 7.45. The molecule has 2 fully saturated rings. The molecule has 0 unspecified atom stereocenters. The number of nitrogens with two attached hydrogens (primary N) is 1. The van der Waals surface area contributed by atoms with E-state index in [4.69, 9.17) is 5.14 Å². The lowest BCUT2D eigenvalue weighted by Gasteiger charge is -2.32. The number of nitrogens with zero attached hydrogens (tertiary/aromatic N) is 1. The summed E-state index contributed by atoms with van der Waals surface area (Å²) in [5.74, 6) is 0.00353. The van der Waals surface area contributed by atoms with Crippen molar-refractivity contribution in [2.45, 2.75) is 55.9 Å². The van der Waals surface area contributed by atoms with Crippen molar-refractivity contribution in [2.24, 2.45) is 11.1 Å². The average Bonchev–Trinajstić information content (AvgIpc) is 2.69. The number of amides is 1. The largest absolute Gasteiger partial charge is 0.326 e. The third-order valence-corrected chi connectivity index (χ3v) is 6.80. The predicted molar refractivity (Wildman–Crippen MR) is 110 cm³/mol. The molecule has 2 aliphatic rings. The summed E-state index contributed by atoms with van der Waals surface area (Å²) in [5.41, 5.74) is 0.594. The zero-order chi connectivity index (χ0) is 20.0. The van der Waals surface area contributed by atoms with Crippen molar-refractivity contribution in [1.29, 1.82) is 0 Å². The first-order chi connectivity index (χ1) is 13.4. The van der Waals surface area contributed by atoms with Crippen LogP contribution in [0.4, 0.5) is 5.69 Å². The molecule has 0 aromatic heterocycles. The topological polar surface area (TPSA) is 105 Å². The maximum absolute atomic E-state index is 12.5. The van der Waals surface area contributed by atoms with E-state index >= 15 is 0 Å². The van der Waals surface area contributed by atoms with Gasteiger partial charge in [-0.1, -0.05) is 19.3 Å². The van der Waals surface area contributed by atoms with Crippen molar-refractivity contribution in [3.05, 3.63) is 24.3 Å². The van der Waals surface area contributed by atoms with Gasteiger partial charge in [0.05, 0.1) is 4.90 Å². The summed E-state index contributed by atoms with van der Waals surface area (Å²) in [6.45, 7) is 3.95. The first kappa shape index (κ1) is 21.2. The van der Waals surface area contributed by atoms with Crippen LogP contribution in [0.2, 0.25) is 0 Å². The number of hydrogen-bond donors (Lipinski definition) is 3. The molecule has 28 heavy (non-hydrogen) atoms. The van der Waals surface area contributed by atoms with Gasteiger partial charge in [0.25, 0.3) is 0 Å². The lowest BCUT2D eigenvalue weighted by atomic mass is 9.95. The summed E-state index contributed by atoms with van der Waals surface area (Å²) in [4.78, 5) is 15.0. The molecular formula is C20H32N4O3S. The van der Waals surface area contributed by atoms with Crippen molar-refractivity contribution < 1.29 is 13.2 Å². The molecule has 1 aliphatic heterocycles. The van der Waals surface area contributed by atoms with Crippen LogP contribution in [0.25, 0.3) is 0 Å². The predicted octanol–water partition coefficient (Wildman–Crippen LogP) is 1.91. The molecule has 0 atom stereocenters. The molecule has 1 saturated carbocycles. The molecule has 1 aromatic carbocycles. The number of anilines is 1. The summed E-state index contributed by atoms with van der Waals surface area (Å²) in [6, 6.07) is 6.66. The molecule has 0 radical (unpaired) electrons. The summed E-state index contributed by atoms with van der Waals surface area (Å²) in [6.07, 6.45) is 8.39. The Morgan fingerprint density at radius 1 is 1.04 bits per heavy atom. The van der Waals surface area contributed by atoms with E-state index in [9.17, 15) is 13.2 Å². The highest BCUT2D eigenvalue weighted by Gasteiger charge is 2.25. The first-order valence-corrected chi connectivity index (χ1v) is 11.9. The second-order valence-corrected chi connectivity index (χ2v) is 9.53. The van der Waals surface area contributed by atoms with Gasteiger partial charge in [0.1, 0.15) is 0 Å². The second kappa shape index (κ2) is 9.82. The smallest absolute Gasteiger partial charge is 0.238 e. The number of piperidine rings is 1. The molecule has 1 amide bonds. The van der Waals surface area contributed by atoms with Crippen LogP contribution in [0.5, 0.6) is 0 Å². The number of benzene rings is 1. The highest BCUT2D eigenvalue weighted by Crippen LogP contribution is 2.21. The first-order valence-electron chi connectivity index (χ1n) is 10.3. The molecule has 0 spiro atoms. The van der Waals surface area contributed by atoms with Gasteiger partial charge in [-0.25, -0.2) is 13.6 Å². The third kappa shape index (κ3) is 6.27. The third-order valence-electron chi connectivity index (χ3n) is 5.87. The maximum Gasteiger partial charge on any atom is 0.238 e. The minimum atomic E-state index is -3.71. The van der Waals surface area contributed by atoms with Crippen LogP contribution in [0, 0.1) is 5.92 Å². The van der Waals surface area contributed by atoms with Crippen LogP contribution in [-0.2, 0) is 14.8 Å². The van der Waals surface area contributed by atoms with E-state index in [1.807, 2.05) is 0 Å². The van der Waals surface area contributed by atoms with Gasteiger partial charge < -0.3 is 15.5 Å². The number of carbonyl (C=O) groups excluding carboxylic acids is 1. The molecule has 7 nitrogen and oxygen atoms in total. The van der Waals surface area contributed by atoms with Crippen LogP contribution >= 0.6 is 0 Å². The number of hydrogen-bond acceptors (Lipinski definition) is 5. The van der Waals surface area contributed by atoms with Crippen LogP contribution in [-0.4, -0.2) is 51.4 Å². The summed E-state index contributed by atoms with van der Waals surface area (Å²) < 4.78 is 22.6. The number of nitrogens with one attached hydrogen (secondary N) is 2. The molecule has 4 N–H and O–H groups in total. The van der Waals surface area contributed by atoms with Crippen LogP contribution in [0.15, 0.2) is 29.2 Å². The Balaban J connectivity index is 1.37. The molecule has 1 heterocycles. The lowest BCUT2D eigenvalue weighted by molar-refractivity contribution is -0.121. The van der Waals surface area contributed by atoms with E-state index in [2.05, 4.69) is 15.5 Å². The normalized spacial score (nSPS) is 20.2. The van der Waals surface area contributed by atoms with Gasteiger partial charge in [-0.2, -0.15) is 0 Å². The van der Waals surface area contributed by atoms with Crippen LogP contribution in [0.1, 0.15) is 44.9 Å². The Hall–Kier alpha value is -1.48. The van der Waals surface area contributed by atoms with Gasteiger partial charge in [0.15, 0.2) is 0 Å². The van der Waals surface area contributed by atoms with Gasteiger partial charge in [-0.3, -0.25) is 4.79 Å². The summed E-state index contributed by atoms with van der Waals surface area (Å²) in [7, 11) is -3.71. The Morgan fingerprint density at radius 3 is 2.29 bits per heavy atom. The minimum Gasteiger partial charge on any atom is -0.326 e. The number of rotatable bonds is 7. The molecule has 8 heteroatoms. The maximum atomic E-state index is 12.5. The highest BCUT2D eigenvalue weighted by atomic mass is 32.2. The van der Waals surface area contributed by atoms with E-state index in [1.165, 1.54) is 44.2 Å². The van der Waals surface area contributed by atoms with Gasteiger partial charge in [0, 0.05) is 30.7 Å². The van der Waals surface area contributed by atoms with E-state index in [0.717, 1.165) is 39.0 Å². The van der Waals surface area contributed by atoms with E-state index in [1.54, 1.807) is 12.1 Å². The minimum absolute atomic E-state index is 0.000436. The fraction of sp³-hybridized carbons (Fsp3) is 0.650. The van der Waals surface area contributed by atoms with Crippen molar-refractivity contribution in [2.75, 3.05) is 31.5 Å². The van der Waals surface area contributed by atoms with Crippen LogP contribution in [0.3, 0.4) is 0 Å². The van der Waals surface area contributed by atoms with Gasteiger partial charge in [-0.05, 0) is 63.0 Å². The van der Waals surface area contributed by atoms with E-state index in [-0.39, 0.29) is 16.7 Å². The Morgan fingerprint density at radius 2 is 1.68 bits per heavy atom. The molecule has 156 valence electrons. The van der Waals surface area contributed by atoms with Crippen molar-refractivity contribution in [3.8, 4) is 0 Å².